The van der Waals surface area contributed by atoms with Crippen LogP contribution in [-0.2, 0) is 10.2 Å². The minimum Gasteiger partial charge on any atom is -0.439 e. The summed E-state index contributed by atoms with van der Waals surface area (Å²) in [5.41, 5.74) is 2.51. The minimum atomic E-state index is -0.241. The lowest BCUT2D eigenvalue weighted by atomic mass is 9.86. The Morgan fingerprint density at radius 3 is 2.24 bits per heavy atom. The van der Waals surface area contributed by atoms with E-state index in [1.54, 1.807) is 11.9 Å². The first-order chi connectivity index (χ1) is 7.88. The number of carbonyl (C=O) groups excluding carboxylic acids is 1. The zero-order valence-corrected chi connectivity index (χ0v) is 10.9. The number of cyclic esters (lactones) is 1. The molecule has 1 atom stereocenters. The lowest BCUT2D eigenvalue weighted by Crippen LogP contribution is -2.17. The monoisotopic (exact) mass is 233 g/mol. The maximum atomic E-state index is 11.3. The lowest BCUT2D eigenvalue weighted by Gasteiger charge is -2.19. The fourth-order valence-electron chi connectivity index (χ4n) is 1.94. The highest BCUT2D eigenvalue weighted by Crippen LogP contribution is 2.28. The van der Waals surface area contributed by atoms with E-state index < -0.39 is 0 Å². The van der Waals surface area contributed by atoms with Gasteiger partial charge < -0.3 is 9.64 Å². The Hall–Kier alpha value is -1.51. The standard InChI is InChI=1S/C14H19NO2/c1-14(2,3)11-7-5-10(6-8-11)12-9-15(4)13(16)17-12/h5-8,12H,9H2,1-4H3. The molecule has 1 unspecified atom stereocenters. The van der Waals surface area contributed by atoms with Gasteiger partial charge in [-0.15, -0.1) is 0 Å². The molecule has 3 nitrogen and oxygen atoms in total. The van der Waals surface area contributed by atoms with E-state index in [0.29, 0.717) is 6.54 Å². The van der Waals surface area contributed by atoms with Gasteiger partial charge in [-0.2, -0.15) is 0 Å². The average molecular weight is 233 g/mol. The molecule has 0 radical (unpaired) electrons. The van der Waals surface area contributed by atoms with Crippen LogP contribution in [0.3, 0.4) is 0 Å². The Kier molecular flexibility index (Phi) is 2.86. The van der Waals surface area contributed by atoms with Crippen molar-refractivity contribution in [1.82, 2.24) is 4.90 Å². The average Bonchev–Trinajstić information content (AvgIpc) is 2.58. The Balaban J connectivity index is 2.17. The summed E-state index contributed by atoms with van der Waals surface area (Å²) in [6.45, 7) is 7.19. The van der Waals surface area contributed by atoms with Crippen LogP contribution in [0.1, 0.15) is 38.0 Å². The summed E-state index contributed by atoms with van der Waals surface area (Å²) < 4.78 is 5.27. The Labute approximate surface area is 102 Å². The highest BCUT2D eigenvalue weighted by molar-refractivity contribution is 5.69. The zero-order chi connectivity index (χ0) is 12.6. The molecular weight excluding hydrogens is 214 g/mol. The molecule has 0 spiro atoms. The largest absolute Gasteiger partial charge is 0.439 e. The molecule has 1 heterocycles. The molecule has 0 N–H and O–H groups in total. The zero-order valence-electron chi connectivity index (χ0n) is 10.9. The van der Waals surface area contributed by atoms with Gasteiger partial charge in [0.1, 0.15) is 6.10 Å². The molecule has 1 aromatic carbocycles. The molecule has 0 bridgehead atoms. The molecular formula is C14H19NO2. The molecule has 1 aromatic rings. The van der Waals surface area contributed by atoms with Gasteiger partial charge in [-0.1, -0.05) is 45.0 Å². The van der Waals surface area contributed by atoms with E-state index in [0.717, 1.165) is 5.56 Å². The number of rotatable bonds is 1. The number of nitrogens with zero attached hydrogens (tertiary/aromatic N) is 1. The second-order valence-corrected chi connectivity index (χ2v) is 5.62. The van der Waals surface area contributed by atoms with Crippen molar-refractivity contribution in [2.45, 2.75) is 32.3 Å². The van der Waals surface area contributed by atoms with E-state index in [2.05, 4.69) is 45.0 Å². The van der Waals surface area contributed by atoms with Crippen molar-refractivity contribution in [3.8, 4) is 0 Å². The normalized spacial score (nSPS) is 20.6. The molecule has 1 aliphatic heterocycles. The fourth-order valence-corrected chi connectivity index (χ4v) is 1.94. The van der Waals surface area contributed by atoms with Crippen LogP contribution < -0.4 is 0 Å². The van der Waals surface area contributed by atoms with Crippen LogP contribution in [-0.4, -0.2) is 24.6 Å². The van der Waals surface area contributed by atoms with Gasteiger partial charge in [-0.3, -0.25) is 0 Å². The van der Waals surface area contributed by atoms with Gasteiger partial charge in [0.25, 0.3) is 0 Å². The quantitative estimate of drug-likeness (QED) is 0.746. The molecule has 1 saturated heterocycles. The van der Waals surface area contributed by atoms with Gasteiger partial charge in [-0.25, -0.2) is 4.79 Å². The fraction of sp³-hybridized carbons (Fsp3) is 0.500. The van der Waals surface area contributed by atoms with Crippen LogP contribution in [0, 0.1) is 0 Å². The van der Waals surface area contributed by atoms with Crippen molar-refractivity contribution < 1.29 is 9.53 Å². The van der Waals surface area contributed by atoms with E-state index in [1.807, 2.05) is 0 Å². The van der Waals surface area contributed by atoms with Crippen LogP contribution in [0.15, 0.2) is 24.3 Å². The van der Waals surface area contributed by atoms with Crippen molar-refractivity contribution >= 4 is 6.09 Å². The third-order valence-electron chi connectivity index (χ3n) is 3.14. The molecule has 0 aliphatic carbocycles. The van der Waals surface area contributed by atoms with Crippen LogP contribution in [0.4, 0.5) is 4.79 Å². The lowest BCUT2D eigenvalue weighted by molar-refractivity contribution is 0.135. The highest BCUT2D eigenvalue weighted by Gasteiger charge is 2.29. The van der Waals surface area contributed by atoms with E-state index in [1.165, 1.54) is 5.56 Å². The molecule has 0 saturated carbocycles. The summed E-state index contributed by atoms with van der Waals surface area (Å²) >= 11 is 0. The van der Waals surface area contributed by atoms with Crippen molar-refractivity contribution in [1.29, 1.82) is 0 Å². The number of carbonyl (C=O) groups is 1. The Morgan fingerprint density at radius 1 is 1.24 bits per heavy atom. The molecule has 0 aromatic heterocycles. The number of ether oxygens (including phenoxy) is 1. The Morgan fingerprint density at radius 2 is 1.82 bits per heavy atom. The van der Waals surface area contributed by atoms with Crippen LogP contribution in [0.2, 0.25) is 0 Å². The molecule has 1 fully saturated rings. The smallest absolute Gasteiger partial charge is 0.410 e. The summed E-state index contributed by atoms with van der Waals surface area (Å²) in [7, 11) is 1.76. The SMILES string of the molecule is CN1CC(c2ccc(C(C)(C)C)cc2)OC1=O. The predicted molar refractivity (Wildman–Crippen MR) is 67.0 cm³/mol. The topological polar surface area (TPSA) is 29.5 Å². The van der Waals surface area contributed by atoms with Gasteiger partial charge in [-0.05, 0) is 16.5 Å². The molecule has 17 heavy (non-hydrogen) atoms. The number of hydrogen-bond donors (Lipinski definition) is 0. The molecule has 1 amide bonds. The number of likely N-dealkylation sites (N-methyl/N-ethyl adjacent to an activating group) is 1. The van der Waals surface area contributed by atoms with Gasteiger partial charge in [0, 0.05) is 7.05 Å². The molecule has 3 heteroatoms. The summed E-state index contributed by atoms with van der Waals surface area (Å²) in [4.78, 5) is 12.9. The third kappa shape index (κ3) is 2.43. The molecule has 2 rings (SSSR count). The Bertz CT molecular complexity index is 417. The van der Waals surface area contributed by atoms with E-state index in [4.69, 9.17) is 4.74 Å². The van der Waals surface area contributed by atoms with Crippen LogP contribution >= 0.6 is 0 Å². The summed E-state index contributed by atoms with van der Waals surface area (Å²) in [6, 6.07) is 8.33. The molecule has 1 aliphatic rings. The second kappa shape index (κ2) is 4.06. The minimum absolute atomic E-state index is 0.124. The first-order valence-corrected chi connectivity index (χ1v) is 5.90. The van der Waals surface area contributed by atoms with E-state index in [-0.39, 0.29) is 17.6 Å². The van der Waals surface area contributed by atoms with Gasteiger partial charge in [0.2, 0.25) is 0 Å². The second-order valence-electron chi connectivity index (χ2n) is 5.62. The summed E-state index contributed by atoms with van der Waals surface area (Å²) in [6.07, 6.45) is -0.364. The van der Waals surface area contributed by atoms with E-state index in [9.17, 15) is 4.79 Å². The number of amides is 1. The van der Waals surface area contributed by atoms with E-state index >= 15 is 0 Å². The molecule has 92 valence electrons. The van der Waals surface area contributed by atoms with Gasteiger partial charge >= 0.3 is 6.09 Å². The van der Waals surface area contributed by atoms with Crippen molar-refractivity contribution in [3.63, 3.8) is 0 Å². The van der Waals surface area contributed by atoms with Crippen molar-refractivity contribution in [3.05, 3.63) is 35.4 Å². The first kappa shape index (κ1) is 12.0. The van der Waals surface area contributed by atoms with Crippen LogP contribution in [0.5, 0.6) is 0 Å². The van der Waals surface area contributed by atoms with Crippen molar-refractivity contribution in [2.24, 2.45) is 0 Å². The third-order valence-corrected chi connectivity index (χ3v) is 3.14. The first-order valence-electron chi connectivity index (χ1n) is 5.90. The maximum Gasteiger partial charge on any atom is 0.410 e. The number of benzene rings is 1. The number of hydrogen-bond acceptors (Lipinski definition) is 2. The van der Waals surface area contributed by atoms with Gasteiger partial charge in [0.15, 0.2) is 0 Å². The predicted octanol–water partition coefficient (Wildman–Crippen LogP) is 3.11. The summed E-state index contributed by atoms with van der Waals surface area (Å²) in [5, 5.41) is 0. The van der Waals surface area contributed by atoms with Crippen LogP contribution in [0.25, 0.3) is 0 Å². The van der Waals surface area contributed by atoms with Crippen molar-refractivity contribution in [2.75, 3.05) is 13.6 Å². The summed E-state index contributed by atoms with van der Waals surface area (Å²) in [5.74, 6) is 0. The maximum absolute atomic E-state index is 11.3. The van der Waals surface area contributed by atoms with Gasteiger partial charge in [0.05, 0.1) is 6.54 Å². The highest BCUT2D eigenvalue weighted by atomic mass is 16.6.